The van der Waals surface area contributed by atoms with Crippen LogP contribution in [0.4, 0.5) is 10.6 Å². The van der Waals surface area contributed by atoms with Crippen LogP contribution in [0.15, 0.2) is 46.2 Å². The summed E-state index contributed by atoms with van der Waals surface area (Å²) in [5.41, 5.74) is 4.41. The van der Waals surface area contributed by atoms with Gasteiger partial charge < -0.3 is 24.2 Å². The smallest absolute Gasteiger partial charge is 0.340 e. The Kier molecular flexibility index (Phi) is 7.55. The molecule has 3 aromatic rings. The van der Waals surface area contributed by atoms with E-state index < -0.39 is 33.6 Å². The van der Waals surface area contributed by atoms with Crippen molar-refractivity contribution in [3.63, 3.8) is 0 Å². The molecule has 2 aliphatic rings. The molecule has 5 rings (SSSR count). The van der Waals surface area contributed by atoms with Crippen molar-refractivity contribution >= 4 is 27.8 Å². The monoisotopic (exact) mass is 586 g/mol. The molecule has 1 atom stereocenters. The fourth-order valence-corrected chi connectivity index (χ4v) is 7.39. The lowest BCUT2D eigenvalue weighted by atomic mass is 9.97. The van der Waals surface area contributed by atoms with Crippen LogP contribution < -0.4 is 15.4 Å². The molecule has 0 saturated heterocycles. The number of ether oxygens (including phenoxy) is 2. The second-order valence-electron chi connectivity index (χ2n) is 10.7. The summed E-state index contributed by atoms with van der Waals surface area (Å²) >= 11 is 0. The lowest BCUT2D eigenvalue weighted by Gasteiger charge is -2.42. The van der Waals surface area contributed by atoms with Crippen LogP contribution in [0.2, 0.25) is 0 Å². The molecule has 0 spiro atoms. The van der Waals surface area contributed by atoms with E-state index in [4.69, 9.17) is 19.6 Å². The summed E-state index contributed by atoms with van der Waals surface area (Å²) in [5, 5.41) is -0.309. The number of imidazole rings is 1. The summed E-state index contributed by atoms with van der Waals surface area (Å²) in [4.78, 5) is 36.5. The van der Waals surface area contributed by atoms with Crippen molar-refractivity contribution < 1.29 is 31.9 Å². The number of rotatable bonds is 9. The normalized spacial score (nSPS) is 18.3. The van der Waals surface area contributed by atoms with Gasteiger partial charge in [0.2, 0.25) is 10.9 Å². The van der Waals surface area contributed by atoms with Crippen LogP contribution in [0.5, 0.6) is 5.75 Å². The number of amides is 3. The number of urea groups is 1. The minimum absolute atomic E-state index is 0.0601. The van der Waals surface area contributed by atoms with Crippen LogP contribution in [0.25, 0.3) is 11.7 Å². The molecule has 3 heterocycles. The van der Waals surface area contributed by atoms with Crippen molar-refractivity contribution in [2.45, 2.75) is 68.7 Å². The third-order valence-corrected chi connectivity index (χ3v) is 9.69. The van der Waals surface area contributed by atoms with Crippen molar-refractivity contribution in [1.29, 1.82) is 0 Å². The van der Waals surface area contributed by atoms with E-state index in [1.807, 2.05) is 18.2 Å². The van der Waals surface area contributed by atoms with Crippen LogP contribution in [0, 0.1) is 0 Å². The first-order valence-corrected chi connectivity index (χ1v) is 14.8. The largest absolute Gasteiger partial charge is 0.496 e. The highest BCUT2D eigenvalue weighted by molar-refractivity contribution is 7.90. The lowest BCUT2D eigenvalue weighted by Crippen LogP contribution is -2.63. The molecular formula is C27H34N6O7S. The van der Waals surface area contributed by atoms with E-state index in [1.54, 1.807) is 13.2 Å². The molecular weight excluding hydrogens is 552 g/mol. The average Bonchev–Trinajstić information content (AvgIpc) is 3.59. The summed E-state index contributed by atoms with van der Waals surface area (Å²) in [6.07, 6.45) is 6.85. The highest BCUT2D eigenvalue weighted by atomic mass is 32.2. The predicted molar refractivity (Wildman–Crippen MR) is 147 cm³/mol. The minimum Gasteiger partial charge on any atom is -0.496 e. The molecule has 0 bridgehead atoms. The van der Waals surface area contributed by atoms with Gasteiger partial charge in [-0.3, -0.25) is 9.69 Å². The molecule has 3 amide bonds. The summed E-state index contributed by atoms with van der Waals surface area (Å²) in [5.74, 6) is -0.421. The molecule has 1 aliphatic carbocycles. The zero-order chi connectivity index (χ0) is 29.5. The molecule has 1 fully saturated rings. The number of anilines is 1. The molecule has 13 nitrogen and oxygen atoms in total. The molecule has 1 aromatic carbocycles. The first-order valence-electron chi connectivity index (χ1n) is 13.4. The fraction of sp³-hybridized carbons (Fsp3) is 0.481. The molecule has 14 heteroatoms. The van der Waals surface area contributed by atoms with E-state index in [1.165, 1.54) is 42.8 Å². The Morgan fingerprint density at radius 3 is 2.56 bits per heavy atom. The van der Waals surface area contributed by atoms with Gasteiger partial charge in [0.1, 0.15) is 23.7 Å². The van der Waals surface area contributed by atoms with Crippen molar-refractivity contribution in [3.8, 4) is 17.5 Å². The quantitative estimate of drug-likeness (QED) is 0.396. The number of sulfonamides is 1. The molecule has 1 aliphatic heterocycles. The summed E-state index contributed by atoms with van der Waals surface area (Å²) < 4.78 is 47.4. The van der Waals surface area contributed by atoms with E-state index >= 15 is 0 Å². The number of primary amides is 1. The SMILES string of the molecule is COc1ccccc1[C@H](CN1C(=O)N(C(C)(C)C(N)=O)S(=O)(=O)c2c1nc(-c1ncco1)n2C)OC1CCCCC1. The number of carbonyl (C=O) groups is 2. The number of nitrogens with zero attached hydrogens (tertiary/aromatic N) is 5. The van der Waals surface area contributed by atoms with E-state index in [0.29, 0.717) is 15.6 Å². The van der Waals surface area contributed by atoms with Gasteiger partial charge in [0.15, 0.2) is 11.6 Å². The van der Waals surface area contributed by atoms with Gasteiger partial charge >= 0.3 is 6.03 Å². The maximum atomic E-state index is 14.2. The van der Waals surface area contributed by atoms with Crippen molar-refractivity contribution in [3.05, 3.63) is 42.3 Å². The summed E-state index contributed by atoms with van der Waals surface area (Å²) in [7, 11) is -1.58. The van der Waals surface area contributed by atoms with Gasteiger partial charge in [-0.05, 0) is 32.8 Å². The van der Waals surface area contributed by atoms with Gasteiger partial charge in [-0.15, -0.1) is 0 Å². The second kappa shape index (κ2) is 10.8. The lowest BCUT2D eigenvalue weighted by molar-refractivity contribution is -0.124. The Morgan fingerprint density at radius 1 is 1.22 bits per heavy atom. The number of oxazole rings is 1. The number of hydrogen-bond acceptors (Lipinski definition) is 9. The van der Waals surface area contributed by atoms with Gasteiger partial charge in [-0.2, -0.15) is 8.42 Å². The molecule has 1 saturated carbocycles. The van der Waals surface area contributed by atoms with Crippen LogP contribution in [-0.4, -0.2) is 64.5 Å². The van der Waals surface area contributed by atoms with Crippen molar-refractivity contribution in [1.82, 2.24) is 18.8 Å². The molecule has 41 heavy (non-hydrogen) atoms. The van der Waals surface area contributed by atoms with Crippen molar-refractivity contribution in [2.75, 3.05) is 18.6 Å². The molecule has 220 valence electrons. The Labute approximate surface area is 238 Å². The Morgan fingerprint density at radius 2 is 1.93 bits per heavy atom. The topological polar surface area (TPSA) is 163 Å². The third-order valence-electron chi connectivity index (χ3n) is 7.65. The number of para-hydroxylation sites is 1. The first-order chi connectivity index (χ1) is 19.5. The van der Waals surface area contributed by atoms with Gasteiger partial charge in [-0.25, -0.2) is 19.1 Å². The number of benzene rings is 1. The first kappa shape index (κ1) is 28.6. The predicted octanol–water partition coefficient (Wildman–Crippen LogP) is 3.37. The fourth-order valence-electron chi connectivity index (χ4n) is 5.40. The molecule has 0 unspecified atom stereocenters. The molecule has 2 aromatic heterocycles. The standard InChI is InChI=1S/C27H34N6O7S/c1-27(2,25(28)34)33-26(35)32(22-24(41(33,36)37)31(3)21(30-22)23-29-14-15-39-23)16-20(40-17-10-6-5-7-11-17)18-12-8-9-13-19(18)38-4/h8-9,12-15,17,20H,5-7,10-11,16H2,1-4H3,(H2,28,34)/t20-/m0/s1. The average molecular weight is 587 g/mol. The van der Waals surface area contributed by atoms with Crippen molar-refractivity contribution in [2.24, 2.45) is 12.8 Å². The zero-order valence-electron chi connectivity index (χ0n) is 23.4. The molecule has 2 N–H and O–H groups in total. The Bertz CT molecular complexity index is 1540. The number of fused-ring (bicyclic) bond motifs is 1. The summed E-state index contributed by atoms with van der Waals surface area (Å²) in [6, 6.07) is 6.33. The number of hydrogen-bond donors (Lipinski definition) is 1. The highest BCUT2D eigenvalue weighted by Gasteiger charge is 2.54. The van der Waals surface area contributed by atoms with E-state index in [-0.39, 0.29) is 35.2 Å². The number of carbonyl (C=O) groups excluding carboxylic acids is 2. The Balaban J connectivity index is 1.68. The van der Waals surface area contributed by atoms with Crippen LogP contribution in [0.3, 0.4) is 0 Å². The second-order valence-corrected chi connectivity index (χ2v) is 12.4. The van der Waals surface area contributed by atoms with Gasteiger partial charge in [0.25, 0.3) is 15.9 Å². The number of nitrogens with two attached hydrogens (primary N) is 1. The van der Waals surface area contributed by atoms with Crippen LogP contribution in [0.1, 0.15) is 57.6 Å². The van der Waals surface area contributed by atoms with E-state index in [0.717, 1.165) is 32.1 Å². The third kappa shape index (κ3) is 4.95. The van der Waals surface area contributed by atoms with E-state index in [9.17, 15) is 18.0 Å². The van der Waals surface area contributed by atoms with Gasteiger partial charge in [0, 0.05) is 12.6 Å². The number of methoxy groups -OCH3 is 1. The molecule has 0 radical (unpaired) electrons. The minimum atomic E-state index is -4.60. The van der Waals surface area contributed by atoms with Crippen LogP contribution in [-0.2, 0) is 26.6 Å². The maximum Gasteiger partial charge on any atom is 0.340 e. The highest BCUT2D eigenvalue weighted by Crippen LogP contribution is 2.42. The van der Waals surface area contributed by atoms with Gasteiger partial charge in [-0.1, -0.05) is 37.5 Å². The summed E-state index contributed by atoms with van der Waals surface area (Å²) in [6.45, 7) is 2.46. The zero-order valence-corrected chi connectivity index (χ0v) is 24.3. The Hall–Kier alpha value is -3.91. The van der Waals surface area contributed by atoms with E-state index in [2.05, 4.69) is 9.97 Å². The maximum absolute atomic E-state index is 14.2. The van der Waals surface area contributed by atoms with Crippen LogP contribution >= 0.6 is 0 Å². The van der Waals surface area contributed by atoms with Gasteiger partial charge in [0.05, 0.1) is 26.0 Å². The number of aromatic nitrogens is 3.